The molecule has 2 aliphatic heterocycles. The van der Waals surface area contributed by atoms with Crippen LogP contribution in [-0.2, 0) is 0 Å². The molecule has 0 saturated carbocycles. The maximum Gasteiger partial charge on any atom is 0.135 e. The van der Waals surface area contributed by atoms with Crippen molar-refractivity contribution in [2.24, 2.45) is 11.8 Å². The summed E-state index contributed by atoms with van der Waals surface area (Å²) in [6.45, 7) is 8.06. The SMILES string of the molecule is CC(C)C(C#Cc1cccc(Cl)c1)Sc1nsnc1[C@H]1CN2CCC[C@H]1C2. The molecule has 6 heteroatoms. The van der Waals surface area contributed by atoms with E-state index in [4.69, 9.17) is 16.0 Å². The molecule has 0 N–H and O–H groups in total. The van der Waals surface area contributed by atoms with Crippen molar-refractivity contribution in [3.63, 3.8) is 0 Å². The number of thioether (sulfide) groups is 1. The van der Waals surface area contributed by atoms with Crippen LogP contribution in [0, 0.1) is 23.7 Å². The van der Waals surface area contributed by atoms with Crippen molar-refractivity contribution in [2.75, 3.05) is 19.6 Å². The van der Waals surface area contributed by atoms with Gasteiger partial charge in [-0.2, -0.15) is 8.75 Å². The molecule has 2 aliphatic rings. The average Bonchev–Trinajstić information content (AvgIpc) is 3.21. The minimum absolute atomic E-state index is 0.188. The van der Waals surface area contributed by atoms with Crippen LogP contribution in [0.25, 0.3) is 0 Å². The van der Waals surface area contributed by atoms with Crippen LogP contribution in [0.15, 0.2) is 29.3 Å². The van der Waals surface area contributed by atoms with E-state index < -0.39 is 0 Å². The van der Waals surface area contributed by atoms with Crippen molar-refractivity contribution in [2.45, 2.75) is 42.9 Å². The average molecular weight is 418 g/mol. The van der Waals surface area contributed by atoms with E-state index in [1.54, 1.807) is 11.8 Å². The highest BCUT2D eigenvalue weighted by molar-refractivity contribution is 8.00. The van der Waals surface area contributed by atoms with Gasteiger partial charge in [-0.15, -0.1) is 0 Å². The van der Waals surface area contributed by atoms with Gasteiger partial charge in [-0.1, -0.05) is 55.1 Å². The maximum absolute atomic E-state index is 6.08. The lowest BCUT2D eigenvalue weighted by atomic mass is 9.89. The molecule has 27 heavy (non-hydrogen) atoms. The number of benzene rings is 1. The summed E-state index contributed by atoms with van der Waals surface area (Å²) in [6, 6.07) is 7.74. The number of hydrogen-bond acceptors (Lipinski definition) is 5. The molecule has 4 atom stereocenters. The number of piperidine rings is 1. The predicted molar refractivity (Wildman–Crippen MR) is 115 cm³/mol. The Kier molecular flexibility index (Phi) is 6.08. The van der Waals surface area contributed by atoms with E-state index in [0.29, 0.717) is 11.8 Å². The molecule has 1 aromatic heterocycles. The van der Waals surface area contributed by atoms with Crippen LogP contribution in [-0.4, -0.2) is 38.5 Å². The summed E-state index contributed by atoms with van der Waals surface area (Å²) in [5, 5.41) is 2.01. The Balaban J connectivity index is 1.53. The Hall–Kier alpha value is -1.06. The number of aromatic nitrogens is 2. The zero-order valence-electron chi connectivity index (χ0n) is 15.7. The Morgan fingerprint density at radius 3 is 2.96 bits per heavy atom. The first-order valence-electron chi connectivity index (χ1n) is 9.58. The van der Waals surface area contributed by atoms with E-state index in [1.807, 2.05) is 24.3 Å². The van der Waals surface area contributed by atoms with Crippen molar-refractivity contribution in [3.05, 3.63) is 40.5 Å². The molecule has 0 aliphatic carbocycles. The Labute approximate surface area is 175 Å². The highest BCUT2D eigenvalue weighted by Gasteiger charge is 2.39. The highest BCUT2D eigenvalue weighted by atomic mass is 35.5. The van der Waals surface area contributed by atoms with Crippen LogP contribution in [0.2, 0.25) is 5.02 Å². The third-order valence-corrected chi connectivity index (χ3v) is 7.76. The number of halogens is 1. The largest absolute Gasteiger partial charge is 0.302 e. The quantitative estimate of drug-likeness (QED) is 0.507. The van der Waals surface area contributed by atoms with E-state index in [2.05, 4.69) is 35.0 Å². The van der Waals surface area contributed by atoms with Gasteiger partial charge in [0.05, 0.1) is 22.7 Å². The van der Waals surface area contributed by atoms with Gasteiger partial charge in [0, 0.05) is 29.6 Å². The van der Waals surface area contributed by atoms with Crippen LogP contribution in [0.5, 0.6) is 0 Å². The first-order valence-corrected chi connectivity index (χ1v) is 11.6. The standard InChI is InChI=1S/C21H24ClN3S2/c1-14(2)19(9-8-15-5-3-7-17(22)11-15)26-21-20(23-27-24-21)18-13-25-10-4-6-16(18)12-25/h3,5,7,11,14,16,18-19H,4,6,10,12-13H2,1-2H3/t16-,18-,19?/m0/s1. The number of rotatable bonds is 4. The number of hydrogen-bond donors (Lipinski definition) is 0. The van der Waals surface area contributed by atoms with Gasteiger partial charge in [-0.3, -0.25) is 0 Å². The van der Waals surface area contributed by atoms with E-state index in [1.165, 1.54) is 43.4 Å². The molecule has 0 spiro atoms. The predicted octanol–water partition coefficient (Wildman–Crippen LogP) is 5.17. The van der Waals surface area contributed by atoms with Crippen molar-refractivity contribution < 1.29 is 0 Å². The summed E-state index contributed by atoms with van der Waals surface area (Å²) in [7, 11) is 0. The fourth-order valence-electron chi connectivity index (χ4n) is 3.99. The normalized spacial score (nSPS) is 25.3. The third-order valence-electron chi connectivity index (χ3n) is 5.43. The first-order chi connectivity index (χ1) is 13.1. The molecule has 2 unspecified atom stereocenters. The lowest BCUT2D eigenvalue weighted by Crippen LogP contribution is -2.25. The van der Waals surface area contributed by atoms with Gasteiger partial charge in [0.15, 0.2) is 0 Å². The van der Waals surface area contributed by atoms with E-state index in [0.717, 1.165) is 28.1 Å². The van der Waals surface area contributed by atoms with Crippen molar-refractivity contribution in [1.29, 1.82) is 0 Å². The summed E-state index contributed by atoms with van der Waals surface area (Å²) in [4.78, 5) is 2.59. The zero-order valence-corrected chi connectivity index (χ0v) is 18.1. The molecule has 2 saturated heterocycles. The molecule has 3 heterocycles. The van der Waals surface area contributed by atoms with Gasteiger partial charge in [0.25, 0.3) is 0 Å². The summed E-state index contributed by atoms with van der Waals surface area (Å²) in [6.07, 6.45) is 2.64. The van der Waals surface area contributed by atoms with Crippen LogP contribution < -0.4 is 0 Å². The molecule has 1 aromatic carbocycles. The Morgan fingerprint density at radius 2 is 2.19 bits per heavy atom. The molecule has 142 valence electrons. The van der Waals surface area contributed by atoms with Crippen molar-refractivity contribution in [3.8, 4) is 11.8 Å². The maximum atomic E-state index is 6.08. The van der Waals surface area contributed by atoms with Gasteiger partial charge in [-0.05, 0) is 49.4 Å². The zero-order chi connectivity index (χ0) is 18.8. The van der Waals surface area contributed by atoms with Crippen molar-refractivity contribution >= 4 is 35.1 Å². The Bertz CT molecular complexity index is 854. The third kappa shape index (κ3) is 4.51. The van der Waals surface area contributed by atoms with Crippen LogP contribution >= 0.6 is 35.1 Å². The molecular formula is C21H24ClN3S2. The molecule has 3 nitrogen and oxygen atoms in total. The number of fused-ring (bicyclic) bond motifs is 2. The molecule has 2 fully saturated rings. The second-order valence-corrected chi connectivity index (χ2v) is 9.88. The van der Waals surface area contributed by atoms with E-state index in [-0.39, 0.29) is 5.25 Å². The molecule has 0 amide bonds. The Morgan fingerprint density at radius 1 is 1.30 bits per heavy atom. The monoisotopic (exact) mass is 417 g/mol. The second kappa shape index (κ2) is 8.53. The second-order valence-electron chi connectivity index (χ2n) is 7.79. The lowest BCUT2D eigenvalue weighted by molar-refractivity contribution is 0.269. The summed E-state index contributed by atoms with van der Waals surface area (Å²) in [5.74, 6) is 8.47. The highest BCUT2D eigenvalue weighted by Crippen LogP contribution is 2.42. The van der Waals surface area contributed by atoms with Crippen LogP contribution in [0.3, 0.4) is 0 Å². The first kappa shape index (κ1) is 19.3. The van der Waals surface area contributed by atoms with Crippen molar-refractivity contribution in [1.82, 2.24) is 13.6 Å². The van der Waals surface area contributed by atoms with Gasteiger partial charge >= 0.3 is 0 Å². The molecule has 4 rings (SSSR count). The van der Waals surface area contributed by atoms with E-state index >= 15 is 0 Å². The lowest BCUT2D eigenvalue weighted by Gasteiger charge is -2.21. The molecule has 2 aromatic rings. The van der Waals surface area contributed by atoms with Gasteiger partial charge in [-0.25, -0.2) is 0 Å². The molecule has 0 radical (unpaired) electrons. The summed E-state index contributed by atoms with van der Waals surface area (Å²) < 4.78 is 9.37. The smallest absolute Gasteiger partial charge is 0.135 e. The molecule has 2 bridgehead atoms. The summed E-state index contributed by atoms with van der Waals surface area (Å²) in [5.41, 5.74) is 2.18. The van der Waals surface area contributed by atoms with Crippen LogP contribution in [0.1, 0.15) is 43.9 Å². The van der Waals surface area contributed by atoms with E-state index in [9.17, 15) is 0 Å². The topological polar surface area (TPSA) is 29.0 Å². The fourth-order valence-corrected chi connectivity index (χ4v) is 5.98. The van der Waals surface area contributed by atoms with Gasteiger partial charge in [0.1, 0.15) is 5.03 Å². The minimum atomic E-state index is 0.188. The molecular weight excluding hydrogens is 394 g/mol. The summed E-state index contributed by atoms with van der Waals surface area (Å²) >= 11 is 9.22. The minimum Gasteiger partial charge on any atom is -0.302 e. The number of nitrogens with zero attached hydrogens (tertiary/aromatic N) is 3. The van der Waals surface area contributed by atoms with Gasteiger partial charge in [0.2, 0.25) is 0 Å². The fraction of sp³-hybridized carbons (Fsp3) is 0.524. The van der Waals surface area contributed by atoms with Crippen LogP contribution in [0.4, 0.5) is 0 Å². The van der Waals surface area contributed by atoms with Gasteiger partial charge < -0.3 is 4.90 Å².